The van der Waals surface area contributed by atoms with Crippen molar-refractivity contribution >= 4 is 23.4 Å². The molecule has 2 aromatic rings. The number of aromatic nitrogens is 4. The molecule has 1 N–H and O–H groups in total. The van der Waals surface area contributed by atoms with Crippen LogP contribution in [0.5, 0.6) is 5.88 Å². The molecule has 6 heteroatoms. The van der Waals surface area contributed by atoms with Gasteiger partial charge in [-0.2, -0.15) is 4.98 Å². The lowest BCUT2D eigenvalue weighted by atomic mass is 10.4. The van der Waals surface area contributed by atoms with Crippen LogP contribution in [0.2, 0.25) is 0 Å². The van der Waals surface area contributed by atoms with E-state index >= 15 is 0 Å². The minimum absolute atomic E-state index is 0.255. The molecule has 0 radical (unpaired) electrons. The Morgan fingerprint density at radius 1 is 1.47 bits per heavy atom. The molecule has 0 spiro atoms. The van der Waals surface area contributed by atoms with Gasteiger partial charge in [0.15, 0.2) is 10.4 Å². The summed E-state index contributed by atoms with van der Waals surface area (Å²) in [5, 5.41) is 0. The van der Waals surface area contributed by atoms with Gasteiger partial charge in [-0.15, -0.1) is 0 Å². The van der Waals surface area contributed by atoms with Crippen molar-refractivity contribution in [2.45, 2.75) is 19.9 Å². The predicted molar refractivity (Wildman–Crippen MR) is 59.6 cm³/mol. The Morgan fingerprint density at radius 2 is 2.20 bits per heavy atom. The summed E-state index contributed by atoms with van der Waals surface area (Å²) in [6, 6.07) is 0.255. The van der Waals surface area contributed by atoms with Gasteiger partial charge in [-0.3, -0.25) is 4.57 Å². The lowest BCUT2D eigenvalue weighted by molar-refractivity contribution is 0.401. The molecule has 0 bridgehead atoms. The van der Waals surface area contributed by atoms with Gasteiger partial charge in [0.25, 0.3) is 0 Å². The van der Waals surface area contributed by atoms with Gasteiger partial charge >= 0.3 is 0 Å². The molecule has 0 aliphatic rings. The number of hydrogen-bond acceptors (Lipinski definition) is 4. The Hall–Kier alpha value is -1.43. The molecule has 15 heavy (non-hydrogen) atoms. The minimum atomic E-state index is 0.255. The van der Waals surface area contributed by atoms with E-state index < -0.39 is 0 Å². The summed E-state index contributed by atoms with van der Waals surface area (Å²) >= 11 is 5.22. The first kappa shape index (κ1) is 10.1. The lowest BCUT2D eigenvalue weighted by Gasteiger charge is -2.06. The number of ether oxygens (including phenoxy) is 1. The third kappa shape index (κ3) is 1.50. The van der Waals surface area contributed by atoms with Crippen molar-refractivity contribution in [3.8, 4) is 5.88 Å². The molecule has 0 aliphatic heterocycles. The smallest absolute Gasteiger partial charge is 0.242 e. The number of rotatable bonds is 2. The zero-order valence-electron chi connectivity index (χ0n) is 8.81. The highest BCUT2D eigenvalue weighted by Gasteiger charge is 2.12. The number of aromatic amines is 1. The van der Waals surface area contributed by atoms with E-state index in [2.05, 4.69) is 28.8 Å². The number of hydrogen-bond donors (Lipinski definition) is 1. The molecular formula is C9H12N4OS. The van der Waals surface area contributed by atoms with Gasteiger partial charge in [0.1, 0.15) is 11.8 Å². The summed E-state index contributed by atoms with van der Waals surface area (Å²) < 4.78 is 7.71. The van der Waals surface area contributed by atoms with Crippen LogP contribution in [-0.4, -0.2) is 26.6 Å². The van der Waals surface area contributed by atoms with Crippen LogP contribution in [0.25, 0.3) is 11.2 Å². The van der Waals surface area contributed by atoms with Gasteiger partial charge in [0.05, 0.1) is 7.11 Å². The second kappa shape index (κ2) is 3.62. The van der Waals surface area contributed by atoms with Crippen molar-refractivity contribution < 1.29 is 4.74 Å². The molecular weight excluding hydrogens is 212 g/mol. The highest BCUT2D eigenvalue weighted by molar-refractivity contribution is 7.71. The van der Waals surface area contributed by atoms with Gasteiger partial charge in [-0.05, 0) is 26.1 Å². The third-order valence-corrected chi connectivity index (χ3v) is 2.48. The molecule has 0 aliphatic carbocycles. The normalized spacial score (nSPS) is 11.2. The number of nitrogens with zero attached hydrogens (tertiary/aromatic N) is 3. The standard InChI is InChI=1S/C9H12N4OS/c1-5(2)13-7-6(12-9(13)15)8(14-3)11-4-10-7/h4-5H,1-3H3,(H,12,15). The highest BCUT2D eigenvalue weighted by atomic mass is 32.1. The summed E-state index contributed by atoms with van der Waals surface area (Å²) in [7, 11) is 1.57. The van der Waals surface area contributed by atoms with Crippen LogP contribution in [0.4, 0.5) is 0 Å². The van der Waals surface area contributed by atoms with E-state index in [9.17, 15) is 0 Å². The van der Waals surface area contributed by atoms with Crippen LogP contribution >= 0.6 is 12.2 Å². The molecule has 2 heterocycles. The highest BCUT2D eigenvalue weighted by Crippen LogP contribution is 2.22. The van der Waals surface area contributed by atoms with Crippen LogP contribution in [0, 0.1) is 4.77 Å². The maximum Gasteiger partial charge on any atom is 0.242 e. The molecule has 0 unspecified atom stereocenters. The number of methoxy groups -OCH3 is 1. The monoisotopic (exact) mass is 224 g/mol. The van der Waals surface area contributed by atoms with E-state index in [4.69, 9.17) is 17.0 Å². The SMILES string of the molecule is COc1ncnc2c1[nH]c(=S)n2C(C)C. The Morgan fingerprint density at radius 3 is 2.80 bits per heavy atom. The lowest BCUT2D eigenvalue weighted by Crippen LogP contribution is -2.01. The Bertz CT molecular complexity index is 543. The molecule has 2 aromatic heterocycles. The van der Waals surface area contributed by atoms with Crippen molar-refractivity contribution in [2.75, 3.05) is 7.11 Å². The van der Waals surface area contributed by atoms with Crippen molar-refractivity contribution in [2.24, 2.45) is 0 Å². The first-order valence-electron chi connectivity index (χ1n) is 4.64. The first-order valence-corrected chi connectivity index (χ1v) is 5.05. The molecule has 0 aromatic carbocycles. The van der Waals surface area contributed by atoms with Crippen LogP contribution in [-0.2, 0) is 0 Å². The summed E-state index contributed by atoms with van der Waals surface area (Å²) in [6.07, 6.45) is 1.47. The van der Waals surface area contributed by atoms with E-state index in [1.807, 2.05) is 4.57 Å². The van der Waals surface area contributed by atoms with E-state index in [1.54, 1.807) is 7.11 Å². The van der Waals surface area contributed by atoms with Gasteiger partial charge in [0, 0.05) is 6.04 Å². The van der Waals surface area contributed by atoms with Gasteiger partial charge in [-0.25, -0.2) is 4.98 Å². The number of fused-ring (bicyclic) bond motifs is 1. The largest absolute Gasteiger partial charge is 0.479 e. The van der Waals surface area contributed by atoms with Crippen LogP contribution < -0.4 is 4.74 Å². The molecule has 0 saturated heterocycles. The van der Waals surface area contributed by atoms with Crippen molar-refractivity contribution in [3.63, 3.8) is 0 Å². The molecule has 0 saturated carbocycles. The minimum Gasteiger partial charge on any atom is -0.479 e. The predicted octanol–water partition coefficient (Wildman–Crippen LogP) is 2.08. The van der Waals surface area contributed by atoms with Crippen molar-refractivity contribution in [1.29, 1.82) is 0 Å². The second-order valence-corrected chi connectivity index (χ2v) is 3.86. The Balaban J connectivity index is 2.84. The molecule has 80 valence electrons. The molecule has 0 amide bonds. The summed E-state index contributed by atoms with van der Waals surface area (Å²) in [5.74, 6) is 0.519. The van der Waals surface area contributed by atoms with Gasteiger partial charge in [-0.1, -0.05) is 0 Å². The van der Waals surface area contributed by atoms with Crippen molar-refractivity contribution in [3.05, 3.63) is 11.1 Å². The van der Waals surface area contributed by atoms with Crippen LogP contribution in [0.15, 0.2) is 6.33 Å². The zero-order valence-corrected chi connectivity index (χ0v) is 9.63. The second-order valence-electron chi connectivity index (χ2n) is 3.48. The molecule has 0 fully saturated rings. The number of nitrogens with one attached hydrogen (secondary N) is 1. The van der Waals surface area contributed by atoms with E-state index in [1.165, 1.54) is 6.33 Å². The maximum absolute atomic E-state index is 5.22. The summed E-state index contributed by atoms with van der Waals surface area (Å²) in [5.41, 5.74) is 1.53. The average molecular weight is 224 g/mol. The van der Waals surface area contributed by atoms with Gasteiger partial charge in [0.2, 0.25) is 5.88 Å². The first-order chi connectivity index (χ1) is 7.15. The summed E-state index contributed by atoms with van der Waals surface area (Å²) in [4.78, 5) is 11.3. The van der Waals surface area contributed by atoms with E-state index in [0.717, 1.165) is 11.2 Å². The topological polar surface area (TPSA) is 55.7 Å². The van der Waals surface area contributed by atoms with Gasteiger partial charge < -0.3 is 9.72 Å². The fraction of sp³-hybridized carbons (Fsp3) is 0.444. The number of imidazole rings is 1. The molecule has 2 rings (SSSR count). The molecule has 5 nitrogen and oxygen atoms in total. The Kier molecular flexibility index (Phi) is 2.44. The van der Waals surface area contributed by atoms with E-state index in [-0.39, 0.29) is 6.04 Å². The summed E-state index contributed by atoms with van der Waals surface area (Å²) in [6.45, 7) is 4.11. The molecule has 0 atom stereocenters. The van der Waals surface area contributed by atoms with Crippen molar-refractivity contribution in [1.82, 2.24) is 19.5 Å². The quantitative estimate of drug-likeness (QED) is 0.793. The van der Waals surface area contributed by atoms with Crippen LogP contribution in [0.1, 0.15) is 19.9 Å². The third-order valence-electron chi connectivity index (χ3n) is 2.18. The maximum atomic E-state index is 5.22. The van der Waals surface area contributed by atoms with E-state index in [0.29, 0.717) is 10.7 Å². The fourth-order valence-electron chi connectivity index (χ4n) is 1.55. The Labute approximate surface area is 92.1 Å². The number of H-pyrrole nitrogens is 1. The van der Waals surface area contributed by atoms with Crippen LogP contribution in [0.3, 0.4) is 0 Å². The average Bonchev–Trinajstić information content (AvgIpc) is 2.53. The zero-order chi connectivity index (χ0) is 11.0. The fourth-order valence-corrected chi connectivity index (χ4v) is 1.95.